The lowest BCUT2D eigenvalue weighted by Crippen LogP contribution is -2.55. The van der Waals surface area contributed by atoms with Gasteiger partial charge in [0.05, 0.1) is 18.2 Å². The number of rotatable bonds is 5. The highest BCUT2D eigenvalue weighted by Gasteiger charge is 2.61. The van der Waals surface area contributed by atoms with Crippen molar-refractivity contribution in [1.82, 2.24) is 10.2 Å². The molecule has 0 bridgehead atoms. The van der Waals surface area contributed by atoms with Gasteiger partial charge in [0.25, 0.3) is 0 Å². The maximum absolute atomic E-state index is 13.2. The lowest BCUT2D eigenvalue weighted by molar-refractivity contribution is -0.171. The van der Waals surface area contributed by atoms with Gasteiger partial charge in [0.2, 0.25) is 0 Å². The van der Waals surface area contributed by atoms with Crippen LogP contribution in [0.5, 0.6) is 0 Å². The molecular formula is C22H38N2O7. The van der Waals surface area contributed by atoms with E-state index in [2.05, 4.69) is 11.9 Å². The van der Waals surface area contributed by atoms with Crippen LogP contribution in [-0.2, 0) is 18.9 Å². The number of aliphatic hydroxyl groups excluding tert-OH is 1. The molecule has 2 fully saturated rings. The number of fused-ring (bicyclic) bond motifs is 1. The summed E-state index contributed by atoms with van der Waals surface area (Å²) in [5.41, 5.74) is -1.41. The maximum Gasteiger partial charge on any atom is 0.411 e. The van der Waals surface area contributed by atoms with Gasteiger partial charge in [-0.3, -0.25) is 4.90 Å². The first kappa shape index (κ1) is 25.4. The lowest BCUT2D eigenvalue weighted by atomic mass is 10.0. The number of aliphatic hydroxyl groups is 1. The fourth-order valence-electron chi connectivity index (χ4n) is 3.92. The van der Waals surface area contributed by atoms with Crippen molar-refractivity contribution in [3.8, 4) is 0 Å². The lowest BCUT2D eigenvalue weighted by Gasteiger charge is -2.37. The quantitative estimate of drug-likeness (QED) is 0.631. The molecule has 2 aliphatic rings. The summed E-state index contributed by atoms with van der Waals surface area (Å²) in [6.45, 7) is 17.9. The molecule has 0 spiro atoms. The number of ether oxygens (including phenoxy) is 4. The molecule has 9 heteroatoms. The summed E-state index contributed by atoms with van der Waals surface area (Å²) >= 11 is 0. The Balaban J connectivity index is 2.34. The van der Waals surface area contributed by atoms with Crippen LogP contribution in [0.25, 0.3) is 0 Å². The maximum atomic E-state index is 13.2. The Morgan fingerprint density at radius 3 is 2.19 bits per heavy atom. The van der Waals surface area contributed by atoms with Crippen molar-refractivity contribution in [2.75, 3.05) is 6.54 Å². The molecule has 0 aromatic rings. The average molecular weight is 443 g/mol. The summed E-state index contributed by atoms with van der Waals surface area (Å²) in [6, 6.07) is -1.36. The third-order valence-electron chi connectivity index (χ3n) is 4.82. The van der Waals surface area contributed by atoms with E-state index in [9.17, 15) is 14.7 Å². The van der Waals surface area contributed by atoms with Crippen LogP contribution < -0.4 is 5.32 Å². The first-order chi connectivity index (χ1) is 14.0. The van der Waals surface area contributed by atoms with Crippen LogP contribution in [0.15, 0.2) is 12.7 Å². The van der Waals surface area contributed by atoms with Crippen molar-refractivity contribution < 1.29 is 33.6 Å². The number of carbonyl (C=O) groups is 2. The molecular weight excluding hydrogens is 404 g/mol. The predicted octanol–water partition coefficient (Wildman–Crippen LogP) is 2.96. The van der Waals surface area contributed by atoms with Crippen molar-refractivity contribution in [3.63, 3.8) is 0 Å². The van der Waals surface area contributed by atoms with Crippen molar-refractivity contribution in [2.45, 2.75) is 109 Å². The minimum absolute atomic E-state index is 0.0477. The molecule has 9 nitrogen and oxygen atoms in total. The first-order valence-corrected chi connectivity index (χ1v) is 10.7. The molecule has 178 valence electrons. The van der Waals surface area contributed by atoms with Gasteiger partial charge in [0, 0.05) is 6.54 Å². The minimum atomic E-state index is -0.943. The Labute approximate surface area is 185 Å². The predicted molar refractivity (Wildman–Crippen MR) is 115 cm³/mol. The molecule has 2 aliphatic heterocycles. The minimum Gasteiger partial charge on any atom is -0.444 e. The summed E-state index contributed by atoms with van der Waals surface area (Å²) < 4.78 is 23.1. The second kappa shape index (κ2) is 8.96. The summed E-state index contributed by atoms with van der Waals surface area (Å²) in [7, 11) is 0. The molecule has 2 saturated heterocycles. The van der Waals surface area contributed by atoms with E-state index in [1.165, 1.54) is 4.90 Å². The molecule has 2 heterocycles. The van der Waals surface area contributed by atoms with E-state index in [1.54, 1.807) is 61.5 Å². The molecule has 5 atom stereocenters. The van der Waals surface area contributed by atoms with Gasteiger partial charge in [-0.2, -0.15) is 0 Å². The number of hydrogen-bond donors (Lipinski definition) is 2. The number of amides is 2. The van der Waals surface area contributed by atoms with E-state index in [-0.39, 0.29) is 13.0 Å². The van der Waals surface area contributed by atoms with E-state index < -0.39 is 59.6 Å². The summed E-state index contributed by atoms with van der Waals surface area (Å²) in [6.07, 6.45) is -1.49. The van der Waals surface area contributed by atoms with Crippen LogP contribution in [0.2, 0.25) is 0 Å². The zero-order valence-electron chi connectivity index (χ0n) is 19.9. The zero-order valence-corrected chi connectivity index (χ0v) is 19.9. The van der Waals surface area contributed by atoms with Gasteiger partial charge in [0.1, 0.15) is 23.4 Å². The molecule has 0 aromatic carbocycles. The monoisotopic (exact) mass is 442 g/mol. The van der Waals surface area contributed by atoms with Crippen molar-refractivity contribution >= 4 is 12.2 Å². The second-order valence-electron chi connectivity index (χ2n) is 10.5. The Bertz CT molecular complexity index is 680. The third-order valence-corrected chi connectivity index (χ3v) is 4.82. The number of hydrogen-bond acceptors (Lipinski definition) is 7. The third kappa shape index (κ3) is 6.57. The summed E-state index contributed by atoms with van der Waals surface area (Å²) in [5.74, 6) is -0.897. The van der Waals surface area contributed by atoms with E-state index in [1.807, 2.05) is 0 Å². The highest BCUT2D eigenvalue weighted by atomic mass is 16.8. The highest BCUT2D eigenvalue weighted by molar-refractivity contribution is 5.71. The molecule has 0 unspecified atom stereocenters. The number of nitrogens with one attached hydrogen (secondary N) is 1. The molecule has 31 heavy (non-hydrogen) atoms. The molecule has 2 amide bonds. The molecule has 0 aromatic heterocycles. The largest absolute Gasteiger partial charge is 0.444 e. The smallest absolute Gasteiger partial charge is 0.411 e. The number of alkyl carbamates (subject to hydrolysis) is 1. The van der Waals surface area contributed by atoms with Gasteiger partial charge in [-0.1, -0.05) is 6.08 Å². The summed E-state index contributed by atoms with van der Waals surface area (Å²) in [5, 5.41) is 13.6. The fraction of sp³-hybridized carbons (Fsp3) is 0.818. The fourth-order valence-corrected chi connectivity index (χ4v) is 3.92. The van der Waals surface area contributed by atoms with Crippen molar-refractivity contribution in [1.29, 1.82) is 0 Å². The first-order valence-electron chi connectivity index (χ1n) is 10.7. The Hall–Kier alpha value is -1.84. The Morgan fingerprint density at radius 1 is 1.13 bits per heavy atom. The van der Waals surface area contributed by atoms with Crippen LogP contribution >= 0.6 is 0 Å². The second-order valence-corrected chi connectivity index (χ2v) is 10.5. The number of carbonyl (C=O) groups excluding carboxylic acids is 2. The van der Waals surface area contributed by atoms with Gasteiger partial charge in [0.15, 0.2) is 5.79 Å². The van der Waals surface area contributed by atoms with Crippen LogP contribution in [0, 0.1) is 0 Å². The number of nitrogens with zero attached hydrogens (tertiary/aromatic N) is 1. The molecule has 2 rings (SSSR count). The van der Waals surface area contributed by atoms with Gasteiger partial charge in [-0.25, -0.2) is 9.59 Å². The standard InChI is InChI=1S/C22H38N2O7/c1-10-11-14(25)15-17-16(28-22(8,9)29-17)13(12-23-18(26)30-20(2,3)4)24(15)19(27)31-21(5,6)7/h10,13-17,25H,1,11-12H2,2-9H3,(H,23,26)/t13-,14+,15-,16-,17+/m1/s1. The molecule has 2 N–H and O–H groups in total. The van der Waals surface area contributed by atoms with Crippen LogP contribution in [-0.4, -0.2) is 76.1 Å². The van der Waals surface area contributed by atoms with Gasteiger partial charge in [-0.15, -0.1) is 6.58 Å². The van der Waals surface area contributed by atoms with E-state index in [0.717, 1.165) is 0 Å². The Morgan fingerprint density at radius 2 is 1.68 bits per heavy atom. The van der Waals surface area contributed by atoms with Gasteiger partial charge in [-0.05, 0) is 61.8 Å². The van der Waals surface area contributed by atoms with E-state index in [0.29, 0.717) is 0 Å². The average Bonchev–Trinajstić information content (AvgIpc) is 3.00. The van der Waals surface area contributed by atoms with Crippen LogP contribution in [0.3, 0.4) is 0 Å². The zero-order chi connectivity index (χ0) is 23.8. The Kier molecular flexibility index (Phi) is 7.34. The van der Waals surface area contributed by atoms with Crippen molar-refractivity contribution in [3.05, 3.63) is 12.7 Å². The van der Waals surface area contributed by atoms with Gasteiger partial charge >= 0.3 is 12.2 Å². The SMILES string of the molecule is C=CC[C@H](O)[C@@H]1[C@@H]2OC(C)(C)O[C@@H]2[C@@H](CNC(=O)OC(C)(C)C)N1C(=O)OC(C)(C)C. The normalized spacial score (nSPS) is 28.6. The molecule has 0 radical (unpaired) electrons. The number of likely N-dealkylation sites (tertiary alicyclic amines) is 1. The van der Waals surface area contributed by atoms with E-state index >= 15 is 0 Å². The molecule has 0 aliphatic carbocycles. The molecule has 0 saturated carbocycles. The highest BCUT2D eigenvalue weighted by Crippen LogP contribution is 2.42. The van der Waals surface area contributed by atoms with Crippen molar-refractivity contribution in [2.24, 2.45) is 0 Å². The van der Waals surface area contributed by atoms with Crippen LogP contribution in [0.4, 0.5) is 9.59 Å². The topological polar surface area (TPSA) is 107 Å². The van der Waals surface area contributed by atoms with E-state index in [4.69, 9.17) is 18.9 Å². The summed E-state index contributed by atoms with van der Waals surface area (Å²) in [4.78, 5) is 26.9. The van der Waals surface area contributed by atoms with Crippen LogP contribution in [0.1, 0.15) is 61.8 Å². The van der Waals surface area contributed by atoms with Gasteiger partial charge < -0.3 is 29.4 Å².